The molecule has 0 bridgehead atoms. The second-order valence-electron chi connectivity index (χ2n) is 2.61. The van der Waals surface area contributed by atoms with Crippen LogP contribution in [0.15, 0.2) is 30.3 Å². The summed E-state index contributed by atoms with van der Waals surface area (Å²) in [6.07, 6.45) is 3.21. The quantitative estimate of drug-likeness (QED) is 0.487. The van der Waals surface area contributed by atoms with Gasteiger partial charge in [-0.25, -0.2) is 4.79 Å². The number of rotatable bonds is 3. The molecule has 0 atom stereocenters. The van der Waals surface area contributed by atoms with E-state index in [1.807, 2.05) is 24.3 Å². The van der Waals surface area contributed by atoms with Crippen LogP contribution in [-0.2, 0) is 9.53 Å². The number of hydrogen-bond donors (Lipinski definition) is 0. The minimum absolute atomic E-state index is 0.299. The van der Waals surface area contributed by atoms with Crippen LogP contribution >= 0.6 is 22.6 Å². The molecule has 0 heterocycles. The second kappa shape index (κ2) is 5.80. The predicted octanol–water partition coefficient (Wildman–Crippen LogP) is 2.87. The van der Waals surface area contributed by atoms with Gasteiger partial charge in [-0.15, -0.1) is 0 Å². The summed E-state index contributed by atoms with van der Waals surface area (Å²) in [4.78, 5) is 11.0. The summed E-state index contributed by atoms with van der Waals surface area (Å²) in [5, 5.41) is 0. The molecule has 74 valence electrons. The van der Waals surface area contributed by atoms with Gasteiger partial charge in [-0.3, -0.25) is 0 Å². The highest BCUT2D eigenvalue weighted by Gasteiger charge is 1.96. The zero-order valence-electron chi connectivity index (χ0n) is 7.87. The van der Waals surface area contributed by atoms with Crippen molar-refractivity contribution < 1.29 is 9.53 Å². The highest BCUT2D eigenvalue weighted by atomic mass is 127. The Bertz CT molecular complexity index is 345. The van der Waals surface area contributed by atoms with Gasteiger partial charge in [0.25, 0.3) is 0 Å². The van der Waals surface area contributed by atoms with Gasteiger partial charge < -0.3 is 4.74 Å². The van der Waals surface area contributed by atoms with Crippen LogP contribution in [0.2, 0.25) is 0 Å². The van der Waals surface area contributed by atoms with E-state index in [1.54, 1.807) is 13.0 Å². The summed E-state index contributed by atoms with van der Waals surface area (Å²) in [6.45, 7) is 2.20. The molecule has 2 nitrogen and oxygen atoms in total. The normalized spacial score (nSPS) is 10.4. The van der Waals surface area contributed by atoms with Crippen LogP contribution in [0.5, 0.6) is 0 Å². The first kappa shape index (κ1) is 11.2. The van der Waals surface area contributed by atoms with Crippen molar-refractivity contribution in [3.63, 3.8) is 0 Å². The molecule has 0 amide bonds. The molecule has 0 saturated carbocycles. The van der Waals surface area contributed by atoms with E-state index in [1.165, 1.54) is 6.08 Å². The number of benzene rings is 1. The number of ether oxygens (including phenoxy) is 1. The largest absolute Gasteiger partial charge is 0.463 e. The summed E-state index contributed by atoms with van der Waals surface area (Å²) in [7, 11) is 0. The van der Waals surface area contributed by atoms with Crippen molar-refractivity contribution in [1.29, 1.82) is 0 Å². The molecule has 0 aliphatic heterocycles. The molecule has 0 fully saturated rings. The molecule has 1 aromatic carbocycles. The van der Waals surface area contributed by atoms with Gasteiger partial charge in [-0.05, 0) is 47.2 Å². The summed E-state index contributed by atoms with van der Waals surface area (Å²) in [5.74, 6) is -0.299. The number of halogens is 1. The molecule has 0 radical (unpaired) electrons. The number of carbonyl (C=O) groups excluding carboxylic acids is 1. The Kier molecular flexibility index (Phi) is 4.65. The molecule has 14 heavy (non-hydrogen) atoms. The van der Waals surface area contributed by atoms with E-state index < -0.39 is 0 Å². The minimum Gasteiger partial charge on any atom is -0.463 e. The van der Waals surface area contributed by atoms with Crippen molar-refractivity contribution in [3.8, 4) is 0 Å². The van der Waals surface area contributed by atoms with Crippen LogP contribution < -0.4 is 0 Å². The van der Waals surface area contributed by atoms with Gasteiger partial charge in [0.1, 0.15) is 0 Å². The average molecular weight is 302 g/mol. The van der Waals surface area contributed by atoms with Crippen molar-refractivity contribution in [2.75, 3.05) is 6.61 Å². The van der Waals surface area contributed by atoms with Gasteiger partial charge in [-0.2, -0.15) is 0 Å². The van der Waals surface area contributed by atoms with Crippen LogP contribution in [0.25, 0.3) is 6.08 Å². The molecule has 0 aliphatic rings. The van der Waals surface area contributed by atoms with Gasteiger partial charge in [-0.1, -0.05) is 18.2 Å². The van der Waals surface area contributed by atoms with E-state index in [0.717, 1.165) is 9.13 Å². The summed E-state index contributed by atoms with van der Waals surface area (Å²) in [6, 6.07) is 7.85. The Labute approximate surface area is 97.1 Å². The summed E-state index contributed by atoms with van der Waals surface area (Å²) >= 11 is 2.23. The smallest absolute Gasteiger partial charge is 0.330 e. The Morgan fingerprint density at radius 1 is 1.50 bits per heavy atom. The zero-order valence-corrected chi connectivity index (χ0v) is 10.0. The van der Waals surface area contributed by atoms with Gasteiger partial charge in [0.2, 0.25) is 0 Å². The van der Waals surface area contributed by atoms with Crippen LogP contribution in [0.3, 0.4) is 0 Å². The fourth-order valence-electron chi connectivity index (χ4n) is 0.958. The fourth-order valence-corrected chi connectivity index (χ4v) is 1.53. The third-order valence-corrected chi connectivity index (χ3v) is 2.57. The number of hydrogen-bond acceptors (Lipinski definition) is 2. The monoisotopic (exact) mass is 302 g/mol. The Morgan fingerprint density at radius 3 is 2.86 bits per heavy atom. The molecule has 0 unspecified atom stereocenters. The summed E-state index contributed by atoms with van der Waals surface area (Å²) in [5.41, 5.74) is 1.03. The van der Waals surface area contributed by atoms with Gasteiger partial charge in [0.05, 0.1) is 6.61 Å². The van der Waals surface area contributed by atoms with Crippen molar-refractivity contribution in [2.45, 2.75) is 6.92 Å². The molecule has 1 aromatic rings. The predicted molar refractivity (Wildman–Crippen MR) is 64.8 cm³/mol. The number of esters is 1. The standard InChI is InChI=1S/C11H11IO2/c1-2-14-11(13)8-7-9-5-3-4-6-10(9)12/h3-8H,2H2,1H3/b8-7+. The molecule has 0 spiro atoms. The van der Waals surface area contributed by atoms with E-state index in [-0.39, 0.29) is 5.97 Å². The van der Waals surface area contributed by atoms with Crippen molar-refractivity contribution in [2.24, 2.45) is 0 Å². The molecule has 3 heteroatoms. The zero-order chi connectivity index (χ0) is 10.4. The third kappa shape index (κ3) is 3.49. The van der Waals surface area contributed by atoms with Crippen molar-refractivity contribution >= 4 is 34.6 Å². The van der Waals surface area contributed by atoms with Crippen LogP contribution in [-0.4, -0.2) is 12.6 Å². The van der Waals surface area contributed by atoms with Crippen LogP contribution in [0.1, 0.15) is 12.5 Å². The van der Waals surface area contributed by atoms with Gasteiger partial charge in [0.15, 0.2) is 0 Å². The highest BCUT2D eigenvalue weighted by molar-refractivity contribution is 14.1. The lowest BCUT2D eigenvalue weighted by Gasteiger charge is -1.97. The third-order valence-electron chi connectivity index (χ3n) is 1.59. The number of carbonyl (C=O) groups is 1. The molecule has 0 saturated heterocycles. The maximum Gasteiger partial charge on any atom is 0.330 e. The van der Waals surface area contributed by atoms with Crippen molar-refractivity contribution in [3.05, 3.63) is 39.5 Å². The van der Waals surface area contributed by atoms with E-state index in [9.17, 15) is 4.79 Å². The van der Waals surface area contributed by atoms with Crippen LogP contribution in [0.4, 0.5) is 0 Å². The van der Waals surface area contributed by atoms with E-state index in [0.29, 0.717) is 6.61 Å². The molecular formula is C11H11IO2. The lowest BCUT2D eigenvalue weighted by Crippen LogP contribution is -1.98. The molecule has 1 rings (SSSR count). The minimum atomic E-state index is -0.299. The SMILES string of the molecule is CCOC(=O)/C=C/c1ccccc1I. The highest BCUT2D eigenvalue weighted by Crippen LogP contribution is 2.12. The van der Waals surface area contributed by atoms with Gasteiger partial charge >= 0.3 is 5.97 Å². The van der Waals surface area contributed by atoms with E-state index in [4.69, 9.17) is 4.74 Å². The average Bonchev–Trinajstić information content (AvgIpc) is 2.17. The molecule has 0 N–H and O–H groups in total. The fraction of sp³-hybridized carbons (Fsp3) is 0.182. The van der Waals surface area contributed by atoms with E-state index >= 15 is 0 Å². The lowest BCUT2D eigenvalue weighted by molar-refractivity contribution is -0.137. The lowest BCUT2D eigenvalue weighted by atomic mass is 10.2. The van der Waals surface area contributed by atoms with Crippen LogP contribution in [0, 0.1) is 3.57 Å². The first-order valence-corrected chi connectivity index (χ1v) is 5.41. The Hall–Kier alpha value is -0.840. The second-order valence-corrected chi connectivity index (χ2v) is 3.77. The summed E-state index contributed by atoms with van der Waals surface area (Å²) < 4.78 is 5.89. The topological polar surface area (TPSA) is 26.3 Å². The molecular weight excluding hydrogens is 291 g/mol. The Morgan fingerprint density at radius 2 is 2.21 bits per heavy atom. The van der Waals surface area contributed by atoms with Gasteiger partial charge in [0, 0.05) is 9.65 Å². The first-order chi connectivity index (χ1) is 6.74. The maximum atomic E-state index is 11.0. The maximum absolute atomic E-state index is 11.0. The molecule has 0 aromatic heterocycles. The van der Waals surface area contributed by atoms with E-state index in [2.05, 4.69) is 22.6 Å². The van der Waals surface area contributed by atoms with Crippen molar-refractivity contribution in [1.82, 2.24) is 0 Å². The first-order valence-electron chi connectivity index (χ1n) is 4.33. The Balaban J connectivity index is 2.69. The molecule has 0 aliphatic carbocycles.